The van der Waals surface area contributed by atoms with Crippen molar-refractivity contribution in [3.8, 4) is 0 Å². The highest BCUT2D eigenvalue weighted by molar-refractivity contribution is 5.14. The summed E-state index contributed by atoms with van der Waals surface area (Å²) in [4.78, 5) is 2.57. The Bertz CT molecular complexity index is 289. The van der Waals surface area contributed by atoms with E-state index in [1.54, 1.807) is 0 Å². The highest BCUT2D eigenvalue weighted by Gasteiger charge is 2.18. The molecule has 0 unspecified atom stereocenters. The van der Waals surface area contributed by atoms with Gasteiger partial charge in [-0.1, -0.05) is 44.2 Å². The summed E-state index contributed by atoms with van der Waals surface area (Å²) in [5, 5.41) is 3.28. The van der Waals surface area contributed by atoms with E-state index >= 15 is 0 Å². The third-order valence-corrected chi connectivity index (χ3v) is 3.45. The SMILES string of the molecule is CC.CNCC1CCN(Cc2ccccc2)CC1. The van der Waals surface area contributed by atoms with Crippen LogP contribution in [0.2, 0.25) is 0 Å². The lowest BCUT2D eigenvalue weighted by Gasteiger charge is -2.31. The molecule has 0 aliphatic carbocycles. The van der Waals surface area contributed by atoms with E-state index in [0.717, 1.165) is 12.5 Å². The molecule has 2 rings (SSSR count). The van der Waals surface area contributed by atoms with Gasteiger partial charge in [-0.15, -0.1) is 0 Å². The van der Waals surface area contributed by atoms with Crippen molar-refractivity contribution < 1.29 is 0 Å². The van der Waals surface area contributed by atoms with Crippen LogP contribution >= 0.6 is 0 Å². The molecule has 0 atom stereocenters. The monoisotopic (exact) mass is 248 g/mol. The van der Waals surface area contributed by atoms with Crippen LogP contribution in [-0.4, -0.2) is 31.6 Å². The molecule has 1 aliphatic heterocycles. The van der Waals surface area contributed by atoms with Gasteiger partial charge in [0.2, 0.25) is 0 Å². The van der Waals surface area contributed by atoms with Crippen LogP contribution < -0.4 is 5.32 Å². The molecular weight excluding hydrogens is 220 g/mol. The Morgan fingerprint density at radius 3 is 2.28 bits per heavy atom. The van der Waals surface area contributed by atoms with Crippen LogP contribution in [0.25, 0.3) is 0 Å². The highest BCUT2D eigenvalue weighted by atomic mass is 15.1. The van der Waals surface area contributed by atoms with Gasteiger partial charge in [0.25, 0.3) is 0 Å². The zero-order valence-corrected chi connectivity index (χ0v) is 12.2. The summed E-state index contributed by atoms with van der Waals surface area (Å²) >= 11 is 0. The van der Waals surface area contributed by atoms with Crippen LogP contribution in [-0.2, 0) is 6.54 Å². The largest absolute Gasteiger partial charge is 0.319 e. The summed E-state index contributed by atoms with van der Waals surface area (Å²) in [5.41, 5.74) is 1.44. The third kappa shape index (κ3) is 5.19. The van der Waals surface area contributed by atoms with E-state index in [9.17, 15) is 0 Å². The summed E-state index contributed by atoms with van der Waals surface area (Å²) in [7, 11) is 2.05. The topological polar surface area (TPSA) is 15.3 Å². The average molecular weight is 248 g/mol. The third-order valence-electron chi connectivity index (χ3n) is 3.45. The quantitative estimate of drug-likeness (QED) is 0.880. The standard InChI is InChI=1S/C14H22N2.C2H6/c1-15-11-13-7-9-16(10-8-13)12-14-5-3-2-4-6-14;1-2/h2-6,13,15H,7-12H2,1H3;1-2H3. The number of nitrogens with zero attached hydrogens (tertiary/aromatic N) is 1. The Morgan fingerprint density at radius 1 is 1.11 bits per heavy atom. The van der Waals surface area contributed by atoms with Crippen LogP contribution in [0.1, 0.15) is 32.3 Å². The maximum Gasteiger partial charge on any atom is 0.0233 e. The van der Waals surface area contributed by atoms with E-state index in [0.29, 0.717) is 0 Å². The molecule has 18 heavy (non-hydrogen) atoms. The van der Waals surface area contributed by atoms with Crippen molar-refractivity contribution in [1.29, 1.82) is 0 Å². The summed E-state index contributed by atoms with van der Waals surface area (Å²) in [6.07, 6.45) is 2.68. The Morgan fingerprint density at radius 2 is 1.72 bits per heavy atom. The second-order valence-electron chi connectivity index (χ2n) is 4.76. The molecular formula is C16H28N2. The first kappa shape index (κ1) is 15.2. The fourth-order valence-electron chi connectivity index (χ4n) is 2.48. The minimum absolute atomic E-state index is 0.886. The molecule has 0 spiro atoms. The van der Waals surface area contributed by atoms with Crippen LogP contribution in [0.4, 0.5) is 0 Å². The molecule has 1 N–H and O–H groups in total. The van der Waals surface area contributed by atoms with Gasteiger partial charge in [-0.25, -0.2) is 0 Å². The van der Waals surface area contributed by atoms with E-state index in [-0.39, 0.29) is 0 Å². The van der Waals surface area contributed by atoms with Crippen molar-refractivity contribution in [1.82, 2.24) is 10.2 Å². The van der Waals surface area contributed by atoms with Crippen molar-refractivity contribution in [2.24, 2.45) is 5.92 Å². The normalized spacial score (nSPS) is 17.1. The zero-order valence-electron chi connectivity index (χ0n) is 12.2. The number of benzene rings is 1. The molecule has 1 saturated heterocycles. The molecule has 102 valence electrons. The van der Waals surface area contributed by atoms with Gasteiger partial charge in [0.15, 0.2) is 0 Å². The van der Waals surface area contributed by atoms with Crippen molar-refractivity contribution in [3.63, 3.8) is 0 Å². The predicted octanol–water partition coefficient (Wildman–Crippen LogP) is 3.14. The molecule has 0 bridgehead atoms. The molecule has 1 aromatic rings. The van der Waals surface area contributed by atoms with Crippen molar-refractivity contribution in [2.75, 3.05) is 26.7 Å². The number of hydrogen-bond acceptors (Lipinski definition) is 2. The van der Waals surface area contributed by atoms with E-state index in [1.807, 2.05) is 13.8 Å². The highest BCUT2D eigenvalue weighted by Crippen LogP contribution is 2.18. The van der Waals surface area contributed by atoms with Gasteiger partial charge in [-0.3, -0.25) is 4.90 Å². The summed E-state index contributed by atoms with van der Waals surface area (Å²) in [6, 6.07) is 10.8. The molecule has 2 nitrogen and oxygen atoms in total. The zero-order chi connectivity index (χ0) is 13.2. The molecule has 0 radical (unpaired) electrons. The van der Waals surface area contributed by atoms with Gasteiger partial charge < -0.3 is 5.32 Å². The maximum absolute atomic E-state index is 3.28. The number of nitrogens with one attached hydrogen (secondary N) is 1. The lowest BCUT2D eigenvalue weighted by molar-refractivity contribution is 0.177. The number of piperidine rings is 1. The van der Waals surface area contributed by atoms with Gasteiger partial charge >= 0.3 is 0 Å². The molecule has 1 aliphatic rings. The van der Waals surface area contributed by atoms with Crippen molar-refractivity contribution >= 4 is 0 Å². The molecule has 0 aromatic heterocycles. The fourth-order valence-corrected chi connectivity index (χ4v) is 2.48. The van der Waals surface area contributed by atoms with Gasteiger partial charge in [0.05, 0.1) is 0 Å². The molecule has 0 amide bonds. The number of hydrogen-bond donors (Lipinski definition) is 1. The summed E-state index contributed by atoms with van der Waals surface area (Å²) in [5.74, 6) is 0.886. The summed E-state index contributed by atoms with van der Waals surface area (Å²) < 4.78 is 0. The van der Waals surface area contributed by atoms with E-state index in [1.165, 1.54) is 38.0 Å². The Hall–Kier alpha value is -0.860. The number of rotatable bonds is 4. The van der Waals surface area contributed by atoms with Gasteiger partial charge in [0.1, 0.15) is 0 Å². The molecule has 2 heteroatoms. The van der Waals surface area contributed by atoms with Crippen LogP contribution in [0.3, 0.4) is 0 Å². The number of likely N-dealkylation sites (tertiary alicyclic amines) is 1. The maximum atomic E-state index is 3.28. The van der Waals surface area contributed by atoms with E-state index < -0.39 is 0 Å². The first-order chi connectivity index (χ1) is 8.88. The fraction of sp³-hybridized carbons (Fsp3) is 0.625. The Balaban J connectivity index is 0.000000771. The van der Waals surface area contributed by atoms with Gasteiger partial charge in [-0.2, -0.15) is 0 Å². The Kier molecular flexibility index (Phi) is 7.70. The van der Waals surface area contributed by atoms with E-state index in [2.05, 4.69) is 47.6 Å². The molecule has 1 fully saturated rings. The van der Waals surface area contributed by atoms with E-state index in [4.69, 9.17) is 0 Å². The van der Waals surface area contributed by atoms with Gasteiger partial charge in [-0.05, 0) is 51.0 Å². The van der Waals surface area contributed by atoms with Crippen LogP contribution in [0.15, 0.2) is 30.3 Å². The predicted molar refractivity (Wildman–Crippen MR) is 79.7 cm³/mol. The van der Waals surface area contributed by atoms with Crippen LogP contribution in [0, 0.1) is 5.92 Å². The second kappa shape index (κ2) is 9.12. The lowest BCUT2D eigenvalue weighted by atomic mass is 9.96. The second-order valence-corrected chi connectivity index (χ2v) is 4.76. The van der Waals surface area contributed by atoms with Crippen molar-refractivity contribution in [3.05, 3.63) is 35.9 Å². The van der Waals surface area contributed by atoms with Gasteiger partial charge in [0, 0.05) is 6.54 Å². The minimum atomic E-state index is 0.886. The first-order valence-electron chi connectivity index (χ1n) is 7.29. The molecule has 1 heterocycles. The average Bonchev–Trinajstić information content (AvgIpc) is 2.45. The lowest BCUT2D eigenvalue weighted by Crippen LogP contribution is -2.36. The molecule has 0 saturated carbocycles. The van der Waals surface area contributed by atoms with Crippen LogP contribution in [0.5, 0.6) is 0 Å². The smallest absolute Gasteiger partial charge is 0.0233 e. The Labute approximate surface area is 112 Å². The molecule has 1 aromatic carbocycles. The minimum Gasteiger partial charge on any atom is -0.319 e. The van der Waals surface area contributed by atoms with Crippen molar-refractivity contribution in [2.45, 2.75) is 33.2 Å². The summed E-state index contributed by atoms with van der Waals surface area (Å²) in [6.45, 7) is 8.80. The first-order valence-corrected chi connectivity index (χ1v) is 7.29.